The van der Waals surface area contributed by atoms with Crippen LogP contribution in [-0.4, -0.2) is 61.3 Å². The van der Waals surface area contributed by atoms with E-state index >= 15 is 0 Å². The summed E-state index contributed by atoms with van der Waals surface area (Å²) in [6, 6.07) is 17.7. The number of rotatable bonds is 9. The van der Waals surface area contributed by atoms with Gasteiger partial charge in [-0.25, -0.2) is 0 Å². The van der Waals surface area contributed by atoms with E-state index in [0.717, 1.165) is 0 Å². The molecule has 10 heteroatoms. The SMILES string of the molecule is COc1c(C(=O)NCC(=O)O)cc2ccccc2c1-c1c(OC)c(C(=O)NCC(=O)O)cc2ccccc12. The van der Waals surface area contributed by atoms with Gasteiger partial charge in [-0.2, -0.15) is 0 Å². The highest BCUT2D eigenvalue weighted by molar-refractivity contribution is 6.17. The first-order valence-electron chi connectivity index (χ1n) is 11.5. The van der Waals surface area contributed by atoms with Crippen molar-refractivity contribution in [1.82, 2.24) is 10.6 Å². The van der Waals surface area contributed by atoms with Crippen molar-refractivity contribution in [3.05, 3.63) is 71.8 Å². The van der Waals surface area contributed by atoms with Crippen LogP contribution in [0.15, 0.2) is 60.7 Å². The molecule has 0 aromatic heterocycles. The second-order valence-electron chi connectivity index (χ2n) is 8.26. The predicted molar refractivity (Wildman–Crippen MR) is 140 cm³/mol. The van der Waals surface area contributed by atoms with Gasteiger partial charge in [0.2, 0.25) is 0 Å². The van der Waals surface area contributed by atoms with Gasteiger partial charge >= 0.3 is 11.9 Å². The quantitative estimate of drug-likeness (QED) is 0.265. The first-order valence-corrected chi connectivity index (χ1v) is 11.5. The number of nitrogens with one attached hydrogen (secondary N) is 2. The lowest BCUT2D eigenvalue weighted by atomic mass is 9.88. The summed E-state index contributed by atoms with van der Waals surface area (Å²) in [6.07, 6.45) is 0. The molecule has 2 amide bonds. The molecule has 0 radical (unpaired) electrons. The molecular weight excluding hydrogens is 492 g/mol. The van der Waals surface area contributed by atoms with Gasteiger partial charge < -0.3 is 30.3 Å². The molecule has 0 unspecified atom stereocenters. The summed E-state index contributed by atoms with van der Waals surface area (Å²) >= 11 is 0. The molecular formula is C28H24N2O8. The maximum absolute atomic E-state index is 13.1. The average molecular weight is 517 g/mol. The van der Waals surface area contributed by atoms with E-state index in [9.17, 15) is 19.2 Å². The third-order valence-corrected chi connectivity index (χ3v) is 5.95. The van der Waals surface area contributed by atoms with Crippen LogP contribution in [0.2, 0.25) is 0 Å². The van der Waals surface area contributed by atoms with Gasteiger partial charge in [-0.05, 0) is 33.7 Å². The Morgan fingerprint density at radius 2 is 1.03 bits per heavy atom. The number of carboxylic acid groups (broad SMARTS) is 2. The molecule has 0 saturated heterocycles. The molecule has 0 spiro atoms. The number of carboxylic acids is 2. The van der Waals surface area contributed by atoms with Crippen LogP contribution in [0, 0.1) is 0 Å². The number of amides is 2. The second kappa shape index (κ2) is 10.9. The molecule has 38 heavy (non-hydrogen) atoms. The fraction of sp³-hybridized carbons (Fsp3) is 0.143. The van der Waals surface area contributed by atoms with Crippen LogP contribution in [0.4, 0.5) is 0 Å². The molecule has 0 saturated carbocycles. The first-order chi connectivity index (χ1) is 18.3. The Hall–Kier alpha value is -5.12. The van der Waals surface area contributed by atoms with Crippen molar-refractivity contribution in [1.29, 1.82) is 0 Å². The van der Waals surface area contributed by atoms with E-state index in [4.69, 9.17) is 19.7 Å². The smallest absolute Gasteiger partial charge is 0.322 e. The van der Waals surface area contributed by atoms with E-state index in [1.807, 2.05) is 24.3 Å². The van der Waals surface area contributed by atoms with Crippen LogP contribution in [0.1, 0.15) is 20.7 Å². The molecule has 194 valence electrons. The third-order valence-electron chi connectivity index (χ3n) is 5.95. The van der Waals surface area contributed by atoms with Gasteiger partial charge in [-0.1, -0.05) is 48.5 Å². The number of carbonyl (C=O) groups is 4. The number of carbonyl (C=O) groups excluding carboxylic acids is 2. The lowest BCUT2D eigenvalue weighted by Crippen LogP contribution is -2.30. The van der Waals surface area contributed by atoms with Gasteiger partial charge in [0.1, 0.15) is 24.6 Å². The minimum absolute atomic E-state index is 0.0920. The topological polar surface area (TPSA) is 151 Å². The Morgan fingerprint density at radius 3 is 1.37 bits per heavy atom. The number of aliphatic carboxylic acids is 2. The standard InChI is InChI=1S/C28H24N2O8/c1-37-25-19(27(35)29-13-21(31)32)11-15-7-3-5-9-17(15)23(25)24-18-10-6-4-8-16(18)12-20(26(24)38-2)28(36)30-14-22(33)34/h3-12H,13-14H2,1-2H3,(H,29,35)(H,30,36)(H,31,32)(H,33,34). The summed E-state index contributed by atoms with van der Waals surface area (Å²) in [7, 11) is 2.78. The predicted octanol–water partition coefficient (Wildman–Crippen LogP) is 3.31. The van der Waals surface area contributed by atoms with Crippen molar-refractivity contribution in [2.24, 2.45) is 0 Å². The average Bonchev–Trinajstić information content (AvgIpc) is 2.92. The highest BCUT2D eigenvalue weighted by Crippen LogP contribution is 2.48. The molecule has 0 aliphatic carbocycles. The van der Waals surface area contributed by atoms with Crippen LogP contribution >= 0.6 is 0 Å². The molecule has 10 nitrogen and oxygen atoms in total. The largest absolute Gasteiger partial charge is 0.495 e. The zero-order valence-electron chi connectivity index (χ0n) is 20.5. The Labute approximate surface area is 216 Å². The number of hydrogen-bond acceptors (Lipinski definition) is 6. The van der Waals surface area contributed by atoms with Crippen LogP contribution < -0.4 is 20.1 Å². The maximum atomic E-state index is 13.1. The fourth-order valence-electron chi connectivity index (χ4n) is 4.42. The normalized spacial score (nSPS) is 10.7. The number of benzene rings is 4. The van der Waals surface area contributed by atoms with Crippen LogP contribution in [-0.2, 0) is 9.59 Å². The van der Waals surface area contributed by atoms with Gasteiger partial charge in [0.15, 0.2) is 0 Å². The van der Waals surface area contributed by atoms with Crippen LogP contribution in [0.5, 0.6) is 11.5 Å². The molecule has 0 atom stereocenters. The van der Waals surface area contributed by atoms with E-state index in [0.29, 0.717) is 32.7 Å². The van der Waals surface area contributed by atoms with Crippen molar-refractivity contribution in [3.63, 3.8) is 0 Å². The van der Waals surface area contributed by atoms with E-state index in [1.54, 1.807) is 36.4 Å². The van der Waals surface area contributed by atoms with Gasteiger partial charge in [0.05, 0.1) is 25.3 Å². The van der Waals surface area contributed by atoms with E-state index in [-0.39, 0.29) is 22.6 Å². The van der Waals surface area contributed by atoms with E-state index in [2.05, 4.69) is 10.6 Å². The maximum Gasteiger partial charge on any atom is 0.322 e. The zero-order chi connectivity index (χ0) is 27.4. The van der Waals surface area contributed by atoms with E-state index < -0.39 is 36.8 Å². The Balaban J connectivity index is 2.11. The minimum Gasteiger partial charge on any atom is -0.495 e. The fourth-order valence-corrected chi connectivity index (χ4v) is 4.42. The molecule has 0 aliphatic rings. The van der Waals surface area contributed by atoms with Crippen molar-refractivity contribution in [2.45, 2.75) is 0 Å². The Morgan fingerprint density at radius 1 is 0.658 bits per heavy atom. The Kier molecular flexibility index (Phi) is 7.43. The highest BCUT2D eigenvalue weighted by atomic mass is 16.5. The number of hydrogen-bond donors (Lipinski definition) is 4. The third kappa shape index (κ3) is 4.92. The molecule has 0 aliphatic heterocycles. The lowest BCUT2D eigenvalue weighted by Gasteiger charge is -2.22. The van der Waals surface area contributed by atoms with Gasteiger partial charge in [-0.3, -0.25) is 19.2 Å². The Bertz CT molecular complexity index is 1480. The van der Waals surface area contributed by atoms with Gasteiger partial charge in [-0.15, -0.1) is 0 Å². The summed E-state index contributed by atoms with van der Waals surface area (Å²) in [4.78, 5) is 48.3. The molecule has 4 aromatic rings. The summed E-state index contributed by atoms with van der Waals surface area (Å²) in [6.45, 7) is -1.18. The minimum atomic E-state index is -1.20. The molecule has 0 heterocycles. The van der Waals surface area contributed by atoms with Crippen molar-refractivity contribution in [2.75, 3.05) is 27.3 Å². The molecule has 4 aromatic carbocycles. The van der Waals surface area contributed by atoms with Crippen molar-refractivity contribution in [3.8, 4) is 22.6 Å². The monoisotopic (exact) mass is 516 g/mol. The number of fused-ring (bicyclic) bond motifs is 2. The molecule has 4 N–H and O–H groups in total. The van der Waals surface area contributed by atoms with Crippen LogP contribution in [0.3, 0.4) is 0 Å². The second-order valence-corrected chi connectivity index (χ2v) is 8.26. The summed E-state index contributed by atoms with van der Waals surface area (Å²) < 4.78 is 11.5. The van der Waals surface area contributed by atoms with Gasteiger partial charge in [0, 0.05) is 11.1 Å². The first kappa shape index (κ1) is 26.0. The van der Waals surface area contributed by atoms with Gasteiger partial charge in [0.25, 0.3) is 11.8 Å². The van der Waals surface area contributed by atoms with E-state index in [1.165, 1.54) is 14.2 Å². The summed E-state index contributed by atoms with van der Waals surface area (Å²) in [5.74, 6) is -3.42. The molecule has 4 rings (SSSR count). The van der Waals surface area contributed by atoms with Crippen LogP contribution in [0.25, 0.3) is 32.7 Å². The number of ether oxygens (including phenoxy) is 2. The molecule has 0 bridgehead atoms. The lowest BCUT2D eigenvalue weighted by molar-refractivity contribution is -0.136. The molecule has 0 fully saturated rings. The summed E-state index contributed by atoms with van der Waals surface area (Å²) in [5.41, 5.74) is 1.09. The zero-order valence-corrected chi connectivity index (χ0v) is 20.5. The highest BCUT2D eigenvalue weighted by Gasteiger charge is 2.27. The van der Waals surface area contributed by atoms with Crippen molar-refractivity contribution >= 4 is 45.3 Å². The summed E-state index contributed by atoms with van der Waals surface area (Å²) in [5, 5.41) is 25.5. The van der Waals surface area contributed by atoms with Crippen molar-refractivity contribution < 1.29 is 38.9 Å². The number of methoxy groups -OCH3 is 2.